The van der Waals surface area contributed by atoms with Crippen molar-refractivity contribution in [2.75, 3.05) is 32.7 Å². The third-order valence-corrected chi connectivity index (χ3v) is 5.18. The van der Waals surface area contributed by atoms with Crippen molar-refractivity contribution >= 4 is 11.8 Å². The molecule has 0 spiro atoms. The zero-order valence-corrected chi connectivity index (χ0v) is 14.2. The molecule has 2 saturated heterocycles. The molecule has 5 nitrogen and oxygen atoms in total. The van der Waals surface area contributed by atoms with Crippen molar-refractivity contribution in [2.24, 2.45) is 11.8 Å². The van der Waals surface area contributed by atoms with Gasteiger partial charge in [0.25, 0.3) is 0 Å². The van der Waals surface area contributed by atoms with E-state index >= 15 is 0 Å². The van der Waals surface area contributed by atoms with Gasteiger partial charge in [0.15, 0.2) is 0 Å². The molecule has 0 bridgehead atoms. The summed E-state index contributed by atoms with van der Waals surface area (Å²) in [4.78, 5) is 26.1. The molecule has 2 amide bonds. The minimum atomic E-state index is 0.00677. The number of benzene rings is 1. The van der Waals surface area contributed by atoms with Crippen LogP contribution in [-0.2, 0) is 16.0 Å². The summed E-state index contributed by atoms with van der Waals surface area (Å²) >= 11 is 0. The third kappa shape index (κ3) is 4.57. The zero-order valence-electron chi connectivity index (χ0n) is 14.2. The molecule has 2 N–H and O–H groups in total. The molecule has 2 fully saturated rings. The van der Waals surface area contributed by atoms with Crippen LogP contribution in [0.3, 0.4) is 0 Å². The Morgan fingerprint density at radius 1 is 1.12 bits per heavy atom. The highest BCUT2D eigenvalue weighted by atomic mass is 16.2. The molecule has 1 unspecified atom stereocenters. The first-order valence-electron chi connectivity index (χ1n) is 9.02. The van der Waals surface area contributed by atoms with E-state index in [1.807, 2.05) is 11.0 Å². The average molecular weight is 329 g/mol. The Hall–Kier alpha value is -1.88. The van der Waals surface area contributed by atoms with Gasteiger partial charge in [-0.1, -0.05) is 30.3 Å². The van der Waals surface area contributed by atoms with Gasteiger partial charge >= 0.3 is 0 Å². The lowest BCUT2D eigenvalue weighted by Gasteiger charge is -2.32. The summed E-state index contributed by atoms with van der Waals surface area (Å²) in [6.45, 7) is 3.36. The number of piperidine rings is 1. The van der Waals surface area contributed by atoms with E-state index in [2.05, 4.69) is 34.9 Å². The number of nitrogens with one attached hydrogen (secondary N) is 2. The van der Waals surface area contributed by atoms with Crippen LogP contribution in [0.4, 0.5) is 0 Å². The lowest BCUT2D eigenvalue weighted by atomic mass is 9.90. The molecule has 1 atom stereocenters. The fourth-order valence-corrected chi connectivity index (χ4v) is 3.63. The second-order valence-electron chi connectivity index (χ2n) is 6.92. The van der Waals surface area contributed by atoms with Crippen LogP contribution in [-0.4, -0.2) is 49.4 Å². The third-order valence-electron chi connectivity index (χ3n) is 5.18. The van der Waals surface area contributed by atoms with Gasteiger partial charge in [-0.05, 0) is 43.7 Å². The molecule has 2 heterocycles. The van der Waals surface area contributed by atoms with Crippen molar-refractivity contribution in [1.29, 1.82) is 0 Å². The Morgan fingerprint density at radius 3 is 2.54 bits per heavy atom. The van der Waals surface area contributed by atoms with Crippen LogP contribution in [0.25, 0.3) is 0 Å². The molecule has 5 heteroatoms. The van der Waals surface area contributed by atoms with Crippen molar-refractivity contribution in [3.63, 3.8) is 0 Å². The Balaban J connectivity index is 1.38. The first kappa shape index (κ1) is 17.0. The summed E-state index contributed by atoms with van der Waals surface area (Å²) in [6.07, 6.45) is 4.04. The van der Waals surface area contributed by atoms with Crippen LogP contribution >= 0.6 is 0 Å². The first-order chi connectivity index (χ1) is 11.7. The molecule has 1 aromatic rings. The fraction of sp³-hybridized carbons (Fsp3) is 0.579. The number of likely N-dealkylation sites (tertiary alicyclic amines) is 1. The van der Waals surface area contributed by atoms with Crippen LogP contribution in [0.15, 0.2) is 30.3 Å². The largest absolute Gasteiger partial charge is 0.347 e. The minimum Gasteiger partial charge on any atom is -0.347 e. The summed E-state index contributed by atoms with van der Waals surface area (Å²) in [5, 5.41) is 5.98. The molecule has 24 heavy (non-hydrogen) atoms. The summed E-state index contributed by atoms with van der Waals surface area (Å²) in [7, 11) is 0. The van der Waals surface area contributed by atoms with Gasteiger partial charge in [-0.2, -0.15) is 0 Å². The predicted octanol–water partition coefficient (Wildman–Crippen LogP) is 1.19. The fourth-order valence-electron chi connectivity index (χ4n) is 3.63. The molecular formula is C19H27N3O2. The van der Waals surface area contributed by atoms with E-state index in [-0.39, 0.29) is 24.3 Å². The van der Waals surface area contributed by atoms with E-state index in [1.54, 1.807) is 0 Å². The van der Waals surface area contributed by atoms with Crippen molar-refractivity contribution < 1.29 is 9.59 Å². The molecule has 0 radical (unpaired) electrons. The van der Waals surface area contributed by atoms with Crippen LogP contribution in [0.2, 0.25) is 0 Å². The Kier molecular flexibility index (Phi) is 5.86. The molecule has 0 saturated carbocycles. The minimum absolute atomic E-state index is 0.00677. The van der Waals surface area contributed by atoms with Crippen molar-refractivity contribution in [1.82, 2.24) is 15.5 Å². The standard InChI is InChI=1S/C19H27N3O2/c23-18(14-21-19(24)17-6-9-20-13-17)22-10-7-16(8-11-22)12-15-4-2-1-3-5-15/h1-5,16-17,20H,6-14H2,(H,21,24). The molecule has 2 aliphatic rings. The highest BCUT2D eigenvalue weighted by Crippen LogP contribution is 2.21. The highest BCUT2D eigenvalue weighted by molar-refractivity contribution is 5.86. The van der Waals surface area contributed by atoms with Crippen molar-refractivity contribution in [2.45, 2.75) is 25.7 Å². The normalized spacial score (nSPS) is 21.7. The maximum absolute atomic E-state index is 12.3. The predicted molar refractivity (Wildman–Crippen MR) is 93.4 cm³/mol. The van der Waals surface area contributed by atoms with E-state index < -0.39 is 0 Å². The van der Waals surface area contributed by atoms with Crippen LogP contribution in [0.1, 0.15) is 24.8 Å². The Morgan fingerprint density at radius 2 is 1.88 bits per heavy atom. The SMILES string of the molecule is O=C(NCC(=O)N1CCC(Cc2ccccc2)CC1)C1CCNC1. The lowest BCUT2D eigenvalue weighted by molar-refractivity contribution is -0.134. The number of carbonyl (C=O) groups is 2. The maximum atomic E-state index is 12.3. The van der Waals surface area contributed by atoms with Crippen LogP contribution < -0.4 is 10.6 Å². The van der Waals surface area contributed by atoms with Gasteiger partial charge in [0.05, 0.1) is 12.5 Å². The summed E-state index contributed by atoms with van der Waals surface area (Å²) in [5.41, 5.74) is 1.37. The lowest BCUT2D eigenvalue weighted by Crippen LogP contribution is -2.45. The van der Waals surface area contributed by atoms with Gasteiger partial charge in [0.2, 0.25) is 11.8 Å². The van der Waals surface area contributed by atoms with E-state index in [1.165, 1.54) is 5.56 Å². The molecule has 130 valence electrons. The van der Waals surface area contributed by atoms with E-state index in [0.29, 0.717) is 5.92 Å². The van der Waals surface area contributed by atoms with E-state index in [0.717, 1.165) is 51.9 Å². The van der Waals surface area contributed by atoms with Gasteiger partial charge in [0, 0.05) is 19.6 Å². The van der Waals surface area contributed by atoms with Gasteiger partial charge in [0.1, 0.15) is 0 Å². The molecule has 1 aromatic carbocycles. The monoisotopic (exact) mass is 329 g/mol. The second kappa shape index (κ2) is 8.29. The number of hydrogen-bond donors (Lipinski definition) is 2. The number of carbonyl (C=O) groups excluding carboxylic acids is 2. The zero-order chi connectivity index (χ0) is 16.8. The molecule has 0 aromatic heterocycles. The quantitative estimate of drug-likeness (QED) is 0.853. The van der Waals surface area contributed by atoms with Crippen molar-refractivity contribution in [3.8, 4) is 0 Å². The molecule has 0 aliphatic carbocycles. The first-order valence-corrected chi connectivity index (χ1v) is 9.02. The topological polar surface area (TPSA) is 61.4 Å². The van der Waals surface area contributed by atoms with Crippen LogP contribution in [0.5, 0.6) is 0 Å². The van der Waals surface area contributed by atoms with Gasteiger partial charge in [-0.3, -0.25) is 9.59 Å². The molecule has 2 aliphatic heterocycles. The van der Waals surface area contributed by atoms with Gasteiger partial charge < -0.3 is 15.5 Å². The van der Waals surface area contributed by atoms with Crippen LogP contribution in [0, 0.1) is 11.8 Å². The summed E-state index contributed by atoms with van der Waals surface area (Å²) in [5.74, 6) is 0.727. The summed E-state index contributed by atoms with van der Waals surface area (Å²) < 4.78 is 0. The van der Waals surface area contributed by atoms with E-state index in [4.69, 9.17) is 0 Å². The number of nitrogens with zero attached hydrogens (tertiary/aromatic N) is 1. The maximum Gasteiger partial charge on any atom is 0.241 e. The van der Waals surface area contributed by atoms with Crippen molar-refractivity contribution in [3.05, 3.63) is 35.9 Å². The highest BCUT2D eigenvalue weighted by Gasteiger charge is 2.25. The number of rotatable bonds is 5. The Bertz CT molecular complexity index is 547. The van der Waals surface area contributed by atoms with Gasteiger partial charge in [-0.15, -0.1) is 0 Å². The molecular weight excluding hydrogens is 302 g/mol. The number of hydrogen-bond acceptors (Lipinski definition) is 3. The smallest absolute Gasteiger partial charge is 0.241 e. The molecule has 3 rings (SSSR count). The second-order valence-corrected chi connectivity index (χ2v) is 6.92. The summed E-state index contributed by atoms with van der Waals surface area (Å²) in [6, 6.07) is 10.5. The number of amides is 2. The Labute approximate surface area is 143 Å². The van der Waals surface area contributed by atoms with Gasteiger partial charge in [-0.25, -0.2) is 0 Å². The van der Waals surface area contributed by atoms with E-state index in [9.17, 15) is 9.59 Å². The average Bonchev–Trinajstić information content (AvgIpc) is 3.16.